The molecule has 0 aliphatic rings. The standard InChI is InChI=1S/C18H19ClN2O5S/c1-21(2)27(24,25)15-8-5-7-13(10-15)18(23)26-12-17(22)20-11-14-6-3-4-9-16(14)19/h3-10H,11-12H2,1-2H3,(H,20,22). The second kappa shape index (κ2) is 8.98. The minimum absolute atomic E-state index is 0.0369. The lowest BCUT2D eigenvalue weighted by Crippen LogP contribution is -2.28. The maximum absolute atomic E-state index is 12.1. The third kappa shape index (κ3) is 5.53. The maximum atomic E-state index is 12.1. The number of nitrogens with one attached hydrogen (secondary N) is 1. The quantitative estimate of drug-likeness (QED) is 0.705. The highest BCUT2D eigenvalue weighted by Gasteiger charge is 2.19. The summed E-state index contributed by atoms with van der Waals surface area (Å²) in [5.41, 5.74) is 0.775. The number of benzene rings is 2. The Bertz CT molecular complexity index is 944. The number of amides is 1. The van der Waals surface area contributed by atoms with Gasteiger partial charge in [-0.2, -0.15) is 0 Å². The third-order valence-corrected chi connectivity index (χ3v) is 5.80. The minimum atomic E-state index is -3.67. The minimum Gasteiger partial charge on any atom is -0.452 e. The molecule has 144 valence electrons. The molecular weight excluding hydrogens is 392 g/mol. The third-order valence-electron chi connectivity index (χ3n) is 3.62. The summed E-state index contributed by atoms with van der Waals surface area (Å²) in [7, 11) is -0.889. The fourth-order valence-electron chi connectivity index (χ4n) is 2.10. The monoisotopic (exact) mass is 410 g/mol. The van der Waals surface area contributed by atoms with E-state index in [0.29, 0.717) is 5.02 Å². The molecule has 9 heteroatoms. The summed E-state index contributed by atoms with van der Waals surface area (Å²) in [5.74, 6) is -1.29. The van der Waals surface area contributed by atoms with Crippen molar-refractivity contribution in [1.29, 1.82) is 0 Å². The van der Waals surface area contributed by atoms with Crippen LogP contribution in [0.4, 0.5) is 0 Å². The fourth-order valence-corrected chi connectivity index (χ4v) is 3.25. The van der Waals surface area contributed by atoms with Gasteiger partial charge in [-0.05, 0) is 29.8 Å². The first-order valence-electron chi connectivity index (χ1n) is 7.91. The van der Waals surface area contributed by atoms with E-state index >= 15 is 0 Å². The number of halogens is 1. The first kappa shape index (κ1) is 20.9. The number of sulfonamides is 1. The van der Waals surface area contributed by atoms with Crippen molar-refractivity contribution >= 4 is 33.5 Å². The molecule has 0 unspecified atom stereocenters. The van der Waals surface area contributed by atoms with Crippen LogP contribution in [0.1, 0.15) is 15.9 Å². The number of hydrogen-bond donors (Lipinski definition) is 1. The molecule has 0 aliphatic heterocycles. The lowest BCUT2D eigenvalue weighted by molar-refractivity contribution is -0.124. The highest BCUT2D eigenvalue weighted by Crippen LogP contribution is 2.16. The molecule has 7 nitrogen and oxygen atoms in total. The van der Waals surface area contributed by atoms with Gasteiger partial charge >= 0.3 is 5.97 Å². The topological polar surface area (TPSA) is 92.8 Å². The molecule has 0 spiro atoms. The molecule has 2 aromatic rings. The summed E-state index contributed by atoms with van der Waals surface area (Å²) in [6.45, 7) is -0.291. The molecule has 2 rings (SSSR count). The Hall–Kier alpha value is -2.42. The Morgan fingerprint density at radius 2 is 1.81 bits per heavy atom. The molecule has 0 atom stereocenters. The number of carbonyl (C=O) groups is 2. The molecule has 0 saturated heterocycles. The summed E-state index contributed by atoms with van der Waals surface area (Å²) in [5, 5.41) is 3.12. The number of hydrogen-bond acceptors (Lipinski definition) is 5. The molecule has 0 radical (unpaired) electrons. The first-order chi connectivity index (χ1) is 12.7. The van der Waals surface area contributed by atoms with Crippen molar-refractivity contribution in [2.75, 3.05) is 20.7 Å². The molecule has 0 heterocycles. The second-order valence-corrected chi connectivity index (χ2v) is 8.32. The van der Waals surface area contributed by atoms with Crippen LogP contribution in [0.2, 0.25) is 5.02 Å². The summed E-state index contributed by atoms with van der Waals surface area (Å²) in [6, 6.07) is 12.5. The van der Waals surface area contributed by atoms with E-state index in [1.54, 1.807) is 24.3 Å². The zero-order chi connectivity index (χ0) is 20.0. The van der Waals surface area contributed by atoms with Crippen LogP contribution < -0.4 is 5.32 Å². The van der Waals surface area contributed by atoms with Gasteiger partial charge in [0, 0.05) is 25.7 Å². The summed E-state index contributed by atoms with van der Waals surface area (Å²) in [4.78, 5) is 23.9. The van der Waals surface area contributed by atoms with Crippen molar-refractivity contribution in [2.45, 2.75) is 11.4 Å². The van der Waals surface area contributed by atoms with Gasteiger partial charge in [0.05, 0.1) is 10.5 Å². The molecule has 0 aliphatic carbocycles. The van der Waals surface area contributed by atoms with Gasteiger partial charge in [0.25, 0.3) is 5.91 Å². The van der Waals surface area contributed by atoms with Gasteiger partial charge in [-0.1, -0.05) is 35.9 Å². The molecular formula is C18H19ClN2O5S. The predicted molar refractivity (Wildman–Crippen MR) is 101 cm³/mol. The molecule has 2 aromatic carbocycles. The Morgan fingerprint density at radius 1 is 1.11 bits per heavy atom. The van der Waals surface area contributed by atoms with E-state index in [4.69, 9.17) is 16.3 Å². The molecule has 1 N–H and O–H groups in total. The highest BCUT2D eigenvalue weighted by molar-refractivity contribution is 7.89. The average Bonchev–Trinajstić information content (AvgIpc) is 2.65. The normalized spacial score (nSPS) is 11.3. The van der Waals surface area contributed by atoms with E-state index < -0.39 is 28.5 Å². The highest BCUT2D eigenvalue weighted by atomic mass is 35.5. The van der Waals surface area contributed by atoms with Crippen molar-refractivity contribution in [1.82, 2.24) is 9.62 Å². The lowest BCUT2D eigenvalue weighted by atomic mass is 10.2. The van der Waals surface area contributed by atoms with E-state index in [-0.39, 0.29) is 17.0 Å². The van der Waals surface area contributed by atoms with E-state index in [0.717, 1.165) is 9.87 Å². The van der Waals surface area contributed by atoms with E-state index in [9.17, 15) is 18.0 Å². The van der Waals surface area contributed by atoms with Gasteiger partial charge in [0.2, 0.25) is 10.0 Å². The SMILES string of the molecule is CN(C)S(=O)(=O)c1cccc(C(=O)OCC(=O)NCc2ccccc2Cl)c1. The van der Waals surface area contributed by atoms with Crippen LogP contribution in [0.5, 0.6) is 0 Å². The van der Waals surface area contributed by atoms with E-state index in [1.165, 1.54) is 38.4 Å². The lowest BCUT2D eigenvalue weighted by Gasteiger charge is -2.12. The van der Waals surface area contributed by atoms with Crippen molar-refractivity contribution < 1.29 is 22.7 Å². The number of carbonyl (C=O) groups excluding carboxylic acids is 2. The largest absolute Gasteiger partial charge is 0.452 e. The number of ether oxygens (including phenoxy) is 1. The van der Waals surface area contributed by atoms with Crippen molar-refractivity contribution in [3.63, 3.8) is 0 Å². The number of rotatable bonds is 7. The zero-order valence-electron chi connectivity index (χ0n) is 14.8. The van der Waals surface area contributed by atoms with Gasteiger partial charge in [-0.15, -0.1) is 0 Å². The van der Waals surface area contributed by atoms with Crippen LogP contribution in [0, 0.1) is 0 Å². The molecule has 1 amide bonds. The second-order valence-electron chi connectivity index (χ2n) is 5.76. The molecule has 0 saturated carbocycles. The van der Waals surface area contributed by atoms with Crippen LogP contribution in [0.3, 0.4) is 0 Å². The number of nitrogens with zero attached hydrogens (tertiary/aromatic N) is 1. The first-order valence-corrected chi connectivity index (χ1v) is 9.73. The van der Waals surface area contributed by atoms with Crippen LogP contribution in [0.25, 0.3) is 0 Å². The van der Waals surface area contributed by atoms with Gasteiger partial charge in [0.15, 0.2) is 6.61 Å². The van der Waals surface area contributed by atoms with Gasteiger partial charge in [-0.3, -0.25) is 4.79 Å². The summed E-state index contributed by atoms with van der Waals surface area (Å²) >= 11 is 6.00. The van der Waals surface area contributed by atoms with Crippen LogP contribution in [0.15, 0.2) is 53.4 Å². The zero-order valence-corrected chi connectivity index (χ0v) is 16.4. The van der Waals surface area contributed by atoms with E-state index in [2.05, 4.69) is 5.32 Å². The van der Waals surface area contributed by atoms with E-state index in [1.807, 2.05) is 0 Å². The molecule has 0 bridgehead atoms. The average molecular weight is 411 g/mol. The van der Waals surface area contributed by atoms with Gasteiger partial charge < -0.3 is 10.1 Å². The van der Waals surface area contributed by atoms with Crippen LogP contribution >= 0.6 is 11.6 Å². The fraction of sp³-hybridized carbons (Fsp3) is 0.222. The van der Waals surface area contributed by atoms with Crippen molar-refractivity contribution in [3.8, 4) is 0 Å². The van der Waals surface area contributed by atoms with Crippen LogP contribution in [-0.2, 0) is 26.1 Å². The van der Waals surface area contributed by atoms with Crippen molar-refractivity contribution in [2.24, 2.45) is 0 Å². The summed E-state index contributed by atoms with van der Waals surface area (Å²) < 4.78 is 30.2. The molecule has 27 heavy (non-hydrogen) atoms. The van der Waals surface area contributed by atoms with Crippen molar-refractivity contribution in [3.05, 3.63) is 64.7 Å². The van der Waals surface area contributed by atoms with Gasteiger partial charge in [0.1, 0.15) is 0 Å². The maximum Gasteiger partial charge on any atom is 0.338 e. The Balaban J connectivity index is 1.94. The Labute approximate surface area is 162 Å². The predicted octanol–water partition coefficient (Wildman–Crippen LogP) is 2.06. The molecule has 0 fully saturated rings. The Morgan fingerprint density at radius 3 is 2.48 bits per heavy atom. The Kier molecular flexibility index (Phi) is 6.95. The molecule has 0 aromatic heterocycles. The number of esters is 1. The smallest absolute Gasteiger partial charge is 0.338 e. The van der Waals surface area contributed by atoms with Crippen LogP contribution in [-0.4, -0.2) is 45.3 Å². The van der Waals surface area contributed by atoms with Gasteiger partial charge in [-0.25, -0.2) is 17.5 Å². The summed E-state index contributed by atoms with van der Waals surface area (Å²) in [6.07, 6.45) is 0.